The van der Waals surface area contributed by atoms with Crippen LogP contribution in [0.1, 0.15) is 26.7 Å². The van der Waals surface area contributed by atoms with Gasteiger partial charge >= 0.3 is 0 Å². The van der Waals surface area contributed by atoms with Crippen molar-refractivity contribution < 1.29 is 0 Å². The average Bonchev–Trinajstić information content (AvgIpc) is 2.64. The molecule has 58 valence electrons. The van der Waals surface area contributed by atoms with E-state index >= 15 is 0 Å². The van der Waals surface area contributed by atoms with Gasteiger partial charge < -0.3 is 5.43 Å². The highest BCUT2D eigenvalue weighted by molar-refractivity contribution is 4.94. The van der Waals surface area contributed by atoms with Crippen molar-refractivity contribution in [1.82, 2.24) is 10.9 Å². The zero-order valence-electron chi connectivity index (χ0n) is 6.78. The number of nitrogens with one attached hydrogen (secondary N) is 2. The fourth-order valence-corrected chi connectivity index (χ4v) is 0.567. The van der Waals surface area contributed by atoms with Gasteiger partial charge in [-0.15, -0.1) is 0 Å². The summed E-state index contributed by atoms with van der Waals surface area (Å²) in [7, 11) is 0. The molecule has 0 spiro atoms. The number of rotatable bonds is 4. The van der Waals surface area contributed by atoms with Crippen LogP contribution in [0.3, 0.4) is 0 Å². The quantitative estimate of drug-likeness (QED) is 0.577. The van der Waals surface area contributed by atoms with Crippen LogP contribution in [0.4, 0.5) is 0 Å². The molecule has 2 N–H and O–H groups in total. The summed E-state index contributed by atoms with van der Waals surface area (Å²) in [6, 6.07) is 0.704. The third kappa shape index (κ3) is 2.40. The molecular formula is C8H16N2. The largest absolute Gasteiger partial charge is 0.326 e. The molecule has 1 aliphatic rings. The smallest absolute Gasteiger partial charge is 0.0261 e. The van der Waals surface area contributed by atoms with Crippen molar-refractivity contribution in [2.45, 2.75) is 32.7 Å². The maximum Gasteiger partial charge on any atom is 0.0261 e. The summed E-state index contributed by atoms with van der Waals surface area (Å²) < 4.78 is 0. The molecule has 2 nitrogen and oxygen atoms in total. The molecule has 0 heterocycles. The van der Waals surface area contributed by atoms with Crippen molar-refractivity contribution in [3.8, 4) is 0 Å². The Kier molecular flexibility index (Phi) is 2.33. The summed E-state index contributed by atoms with van der Waals surface area (Å²) in [4.78, 5) is 0. The van der Waals surface area contributed by atoms with E-state index in [0.717, 1.165) is 5.70 Å². The zero-order chi connectivity index (χ0) is 7.56. The molecule has 0 atom stereocenters. The molecule has 1 rings (SSSR count). The first-order valence-corrected chi connectivity index (χ1v) is 3.90. The molecule has 0 bridgehead atoms. The monoisotopic (exact) mass is 140 g/mol. The molecule has 0 aromatic carbocycles. The van der Waals surface area contributed by atoms with Crippen molar-refractivity contribution in [3.63, 3.8) is 0 Å². The molecule has 0 aliphatic heterocycles. The summed E-state index contributed by atoms with van der Waals surface area (Å²) >= 11 is 0. The van der Waals surface area contributed by atoms with Crippen molar-refractivity contribution in [1.29, 1.82) is 0 Å². The van der Waals surface area contributed by atoms with E-state index in [1.54, 1.807) is 0 Å². The van der Waals surface area contributed by atoms with Crippen LogP contribution in [-0.2, 0) is 0 Å². The summed E-state index contributed by atoms with van der Waals surface area (Å²) in [5, 5.41) is 0. The fourth-order valence-electron chi connectivity index (χ4n) is 0.567. The van der Waals surface area contributed by atoms with Crippen LogP contribution >= 0.6 is 0 Å². The van der Waals surface area contributed by atoms with Crippen LogP contribution in [0.2, 0.25) is 0 Å². The highest BCUT2D eigenvalue weighted by atomic mass is 15.4. The lowest BCUT2D eigenvalue weighted by molar-refractivity contribution is 0.542. The lowest BCUT2D eigenvalue weighted by Crippen LogP contribution is -2.34. The van der Waals surface area contributed by atoms with Gasteiger partial charge in [0.25, 0.3) is 0 Å². The third-order valence-corrected chi connectivity index (χ3v) is 1.71. The lowest BCUT2D eigenvalue weighted by atomic mass is 10.2. The van der Waals surface area contributed by atoms with E-state index in [0.29, 0.717) is 12.0 Å². The number of allylic oxidation sites excluding steroid dienone is 1. The van der Waals surface area contributed by atoms with Gasteiger partial charge in [0.05, 0.1) is 0 Å². The van der Waals surface area contributed by atoms with Gasteiger partial charge in [-0.1, -0.05) is 20.4 Å². The van der Waals surface area contributed by atoms with E-state index in [1.807, 2.05) is 0 Å². The summed E-state index contributed by atoms with van der Waals surface area (Å²) in [5.41, 5.74) is 7.36. The Morgan fingerprint density at radius 1 is 1.50 bits per heavy atom. The van der Waals surface area contributed by atoms with E-state index in [9.17, 15) is 0 Å². The van der Waals surface area contributed by atoms with E-state index in [2.05, 4.69) is 31.3 Å². The van der Waals surface area contributed by atoms with Gasteiger partial charge in [0.15, 0.2) is 0 Å². The van der Waals surface area contributed by atoms with Crippen LogP contribution in [0.25, 0.3) is 0 Å². The second-order valence-corrected chi connectivity index (χ2v) is 3.22. The first kappa shape index (κ1) is 7.61. The minimum atomic E-state index is 0.520. The van der Waals surface area contributed by atoms with Gasteiger partial charge in [0.1, 0.15) is 0 Å². The van der Waals surface area contributed by atoms with Crippen LogP contribution in [0.15, 0.2) is 12.3 Å². The van der Waals surface area contributed by atoms with Crippen molar-refractivity contribution in [3.05, 3.63) is 12.3 Å². The fraction of sp³-hybridized carbons (Fsp3) is 0.750. The van der Waals surface area contributed by atoms with Gasteiger partial charge in [-0.3, -0.25) is 0 Å². The second-order valence-electron chi connectivity index (χ2n) is 3.22. The Balaban J connectivity index is 2.05. The summed E-state index contributed by atoms with van der Waals surface area (Å²) in [6.45, 7) is 8.14. The lowest BCUT2D eigenvalue weighted by Gasteiger charge is -2.12. The minimum Gasteiger partial charge on any atom is -0.326 e. The normalized spacial score (nSPS) is 17.5. The molecule has 10 heavy (non-hydrogen) atoms. The maximum atomic E-state index is 3.88. The summed E-state index contributed by atoms with van der Waals surface area (Å²) in [5.74, 6) is 0.520. The van der Waals surface area contributed by atoms with Crippen LogP contribution in [-0.4, -0.2) is 6.04 Å². The molecule has 1 aliphatic carbocycles. The first-order valence-electron chi connectivity index (χ1n) is 3.90. The van der Waals surface area contributed by atoms with E-state index < -0.39 is 0 Å². The Bertz CT molecular complexity index is 125. The van der Waals surface area contributed by atoms with Crippen LogP contribution in [0, 0.1) is 5.92 Å². The summed E-state index contributed by atoms with van der Waals surface area (Å²) in [6.07, 6.45) is 2.61. The Morgan fingerprint density at radius 2 is 2.10 bits per heavy atom. The van der Waals surface area contributed by atoms with Gasteiger partial charge in [0.2, 0.25) is 0 Å². The molecule has 1 saturated carbocycles. The maximum absolute atomic E-state index is 3.88. The number of hydrogen-bond donors (Lipinski definition) is 2. The van der Waals surface area contributed by atoms with Gasteiger partial charge in [-0.25, -0.2) is 5.43 Å². The van der Waals surface area contributed by atoms with Crippen LogP contribution in [0.5, 0.6) is 0 Å². The Morgan fingerprint density at radius 3 is 2.50 bits per heavy atom. The average molecular weight is 140 g/mol. The molecule has 0 aromatic heterocycles. The highest BCUT2D eigenvalue weighted by Crippen LogP contribution is 2.17. The van der Waals surface area contributed by atoms with Crippen molar-refractivity contribution in [2.24, 2.45) is 5.92 Å². The second kappa shape index (κ2) is 3.06. The minimum absolute atomic E-state index is 0.520. The third-order valence-electron chi connectivity index (χ3n) is 1.71. The van der Waals surface area contributed by atoms with E-state index in [1.165, 1.54) is 12.8 Å². The van der Waals surface area contributed by atoms with Crippen molar-refractivity contribution in [2.75, 3.05) is 0 Å². The molecule has 1 fully saturated rings. The highest BCUT2D eigenvalue weighted by Gasteiger charge is 2.20. The number of hydrazine groups is 1. The molecule has 0 amide bonds. The standard InChI is InChI=1S/C8H16N2/c1-6(2)7(3)9-10-8-4-5-8/h6,8-10H,3-5H2,1-2H3. The molecule has 0 aromatic rings. The molecule has 2 heteroatoms. The Hall–Kier alpha value is -0.500. The number of hydrogen-bond acceptors (Lipinski definition) is 2. The van der Waals surface area contributed by atoms with Gasteiger partial charge in [-0.05, 0) is 18.8 Å². The molecular weight excluding hydrogens is 124 g/mol. The molecule has 0 unspecified atom stereocenters. The molecule has 0 radical (unpaired) electrons. The SMILES string of the molecule is C=C(NNC1CC1)C(C)C. The molecule has 0 saturated heterocycles. The predicted molar refractivity (Wildman–Crippen MR) is 43.3 cm³/mol. The van der Waals surface area contributed by atoms with Crippen molar-refractivity contribution >= 4 is 0 Å². The topological polar surface area (TPSA) is 24.1 Å². The Labute approximate surface area is 62.7 Å². The van der Waals surface area contributed by atoms with E-state index in [4.69, 9.17) is 0 Å². The predicted octanol–water partition coefficient (Wildman–Crippen LogP) is 1.41. The van der Waals surface area contributed by atoms with Gasteiger partial charge in [-0.2, -0.15) is 0 Å². The van der Waals surface area contributed by atoms with Gasteiger partial charge in [0, 0.05) is 11.7 Å². The van der Waals surface area contributed by atoms with Crippen LogP contribution < -0.4 is 10.9 Å². The van der Waals surface area contributed by atoms with E-state index in [-0.39, 0.29) is 0 Å². The first-order chi connectivity index (χ1) is 4.70. The zero-order valence-corrected chi connectivity index (χ0v) is 6.78.